The summed E-state index contributed by atoms with van der Waals surface area (Å²) in [6.45, 7) is 11.3. The molecule has 0 saturated heterocycles. The van der Waals surface area contributed by atoms with Gasteiger partial charge in [0.2, 0.25) is 21.8 Å². The molecule has 2 aromatic carbocycles. The second-order valence-electron chi connectivity index (χ2n) is 10.2. The van der Waals surface area contributed by atoms with E-state index in [0.29, 0.717) is 16.3 Å². The maximum absolute atomic E-state index is 13.6. The van der Waals surface area contributed by atoms with Crippen molar-refractivity contribution in [2.24, 2.45) is 0 Å². The van der Waals surface area contributed by atoms with Gasteiger partial charge in [-0.3, -0.25) is 13.9 Å². The van der Waals surface area contributed by atoms with Gasteiger partial charge in [-0.25, -0.2) is 8.42 Å². The standard InChI is InChI=1S/C27H38ClN3O4S/c1-8-19(2)29-26(33)20(3)30(17-21-11-9-10-12-24(21)28)25(32)18-31(36(7,34)35)23-15-13-22(14-16-23)27(4,5)6/h9-16,19-20H,8,17-18H2,1-7H3,(H,29,33). The van der Waals surface area contributed by atoms with Crippen LogP contribution in [0.5, 0.6) is 0 Å². The molecule has 0 radical (unpaired) electrons. The zero-order chi connectivity index (χ0) is 27.3. The lowest BCUT2D eigenvalue weighted by Crippen LogP contribution is -2.52. The molecule has 198 valence electrons. The van der Waals surface area contributed by atoms with Crippen LogP contribution < -0.4 is 9.62 Å². The van der Waals surface area contributed by atoms with Gasteiger partial charge in [-0.05, 0) is 55.0 Å². The van der Waals surface area contributed by atoms with Crippen LogP contribution in [-0.4, -0.2) is 50.0 Å². The molecular weight excluding hydrogens is 498 g/mol. The van der Waals surface area contributed by atoms with Crippen molar-refractivity contribution in [3.63, 3.8) is 0 Å². The number of amides is 2. The first kappa shape index (κ1) is 29.6. The highest BCUT2D eigenvalue weighted by Gasteiger charge is 2.31. The SMILES string of the molecule is CCC(C)NC(=O)C(C)N(Cc1ccccc1Cl)C(=O)CN(c1ccc(C(C)(C)C)cc1)S(C)(=O)=O. The lowest BCUT2D eigenvalue weighted by molar-refractivity contribution is -0.139. The second-order valence-corrected chi connectivity index (χ2v) is 12.5. The number of nitrogens with one attached hydrogen (secondary N) is 1. The van der Waals surface area contributed by atoms with Crippen molar-refractivity contribution in [1.82, 2.24) is 10.2 Å². The van der Waals surface area contributed by atoms with Crippen LogP contribution >= 0.6 is 11.6 Å². The van der Waals surface area contributed by atoms with Crippen LogP contribution in [0.2, 0.25) is 5.02 Å². The van der Waals surface area contributed by atoms with Gasteiger partial charge in [0.05, 0.1) is 11.9 Å². The number of rotatable bonds is 10. The Hall–Kier alpha value is -2.58. The molecule has 0 aliphatic heterocycles. The first-order chi connectivity index (χ1) is 16.6. The number of anilines is 1. The molecule has 2 aromatic rings. The summed E-state index contributed by atoms with van der Waals surface area (Å²) in [7, 11) is -3.79. The predicted molar refractivity (Wildman–Crippen MR) is 147 cm³/mol. The fourth-order valence-corrected chi connectivity index (χ4v) is 4.64. The topological polar surface area (TPSA) is 86.8 Å². The summed E-state index contributed by atoms with van der Waals surface area (Å²) in [6.07, 6.45) is 1.80. The van der Waals surface area contributed by atoms with E-state index in [4.69, 9.17) is 11.6 Å². The lowest BCUT2D eigenvalue weighted by Gasteiger charge is -2.32. The van der Waals surface area contributed by atoms with Gasteiger partial charge in [0, 0.05) is 17.6 Å². The van der Waals surface area contributed by atoms with Crippen molar-refractivity contribution in [3.05, 3.63) is 64.7 Å². The van der Waals surface area contributed by atoms with E-state index in [2.05, 4.69) is 26.1 Å². The summed E-state index contributed by atoms with van der Waals surface area (Å²) < 4.78 is 26.5. The Kier molecular flexibility index (Phi) is 9.97. The third kappa shape index (κ3) is 7.96. The van der Waals surface area contributed by atoms with Gasteiger partial charge < -0.3 is 10.2 Å². The van der Waals surface area contributed by atoms with Crippen LogP contribution in [0.3, 0.4) is 0 Å². The maximum Gasteiger partial charge on any atom is 0.244 e. The second kappa shape index (κ2) is 12.1. The summed E-state index contributed by atoms with van der Waals surface area (Å²) >= 11 is 6.34. The van der Waals surface area contributed by atoms with Crippen molar-refractivity contribution in [2.45, 2.75) is 72.0 Å². The number of carbonyl (C=O) groups excluding carboxylic acids is 2. The Morgan fingerprint density at radius 1 is 1.03 bits per heavy atom. The Morgan fingerprint density at radius 3 is 2.11 bits per heavy atom. The molecule has 0 fully saturated rings. The molecule has 0 saturated carbocycles. The summed E-state index contributed by atoms with van der Waals surface area (Å²) in [5.74, 6) is -0.822. The first-order valence-corrected chi connectivity index (χ1v) is 14.3. The molecule has 2 amide bonds. The average Bonchev–Trinajstić information content (AvgIpc) is 2.80. The average molecular weight is 536 g/mol. The summed E-state index contributed by atoms with van der Waals surface area (Å²) in [5.41, 5.74) is 1.99. The van der Waals surface area contributed by atoms with Crippen molar-refractivity contribution >= 4 is 39.1 Å². The highest BCUT2D eigenvalue weighted by molar-refractivity contribution is 7.92. The van der Waals surface area contributed by atoms with E-state index in [-0.39, 0.29) is 23.9 Å². The van der Waals surface area contributed by atoms with Gasteiger partial charge in [-0.1, -0.05) is 69.6 Å². The van der Waals surface area contributed by atoms with Gasteiger partial charge in [-0.2, -0.15) is 0 Å². The fraction of sp³-hybridized carbons (Fsp3) is 0.481. The van der Waals surface area contributed by atoms with E-state index in [1.54, 1.807) is 43.3 Å². The Balaban J connectivity index is 2.41. The highest BCUT2D eigenvalue weighted by Crippen LogP contribution is 2.26. The van der Waals surface area contributed by atoms with Crippen LogP contribution in [0.25, 0.3) is 0 Å². The number of halogens is 1. The Bertz CT molecular complexity index is 1160. The molecule has 7 nitrogen and oxygen atoms in total. The molecule has 0 aromatic heterocycles. The molecule has 9 heteroatoms. The smallest absolute Gasteiger partial charge is 0.244 e. The highest BCUT2D eigenvalue weighted by atomic mass is 35.5. The van der Waals surface area contributed by atoms with E-state index < -0.39 is 28.5 Å². The number of carbonyl (C=O) groups is 2. The normalized spacial score (nSPS) is 13.6. The van der Waals surface area contributed by atoms with E-state index in [1.807, 2.05) is 26.0 Å². The van der Waals surface area contributed by atoms with Crippen molar-refractivity contribution in [2.75, 3.05) is 17.1 Å². The minimum absolute atomic E-state index is 0.0637. The minimum atomic E-state index is -3.79. The van der Waals surface area contributed by atoms with Crippen molar-refractivity contribution < 1.29 is 18.0 Å². The number of hydrogen-bond donors (Lipinski definition) is 1. The fourth-order valence-electron chi connectivity index (χ4n) is 3.60. The minimum Gasteiger partial charge on any atom is -0.352 e. The van der Waals surface area contributed by atoms with Gasteiger partial charge in [-0.15, -0.1) is 0 Å². The molecule has 0 heterocycles. The Labute approximate surface area is 220 Å². The number of benzene rings is 2. The van der Waals surface area contributed by atoms with E-state index in [1.165, 1.54) is 4.90 Å². The molecule has 2 unspecified atom stereocenters. The molecule has 36 heavy (non-hydrogen) atoms. The van der Waals surface area contributed by atoms with Gasteiger partial charge in [0.15, 0.2) is 0 Å². The Morgan fingerprint density at radius 2 is 1.61 bits per heavy atom. The zero-order valence-corrected chi connectivity index (χ0v) is 23.8. The monoisotopic (exact) mass is 535 g/mol. The first-order valence-electron chi connectivity index (χ1n) is 12.1. The van der Waals surface area contributed by atoms with Crippen LogP contribution in [0, 0.1) is 0 Å². The molecule has 2 atom stereocenters. The van der Waals surface area contributed by atoms with Gasteiger partial charge in [0.1, 0.15) is 12.6 Å². The quantitative estimate of drug-likeness (QED) is 0.476. The van der Waals surface area contributed by atoms with E-state index in [0.717, 1.165) is 22.5 Å². The molecule has 0 aliphatic rings. The van der Waals surface area contributed by atoms with E-state index >= 15 is 0 Å². The third-order valence-corrected chi connectivity index (χ3v) is 7.68. The molecular formula is C27H38ClN3O4S. The summed E-state index contributed by atoms with van der Waals surface area (Å²) in [4.78, 5) is 27.9. The predicted octanol–water partition coefficient (Wildman–Crippen LogP) is 4.74. The van der Waals surface area contributed by atoms with Gasteiger partial charge in [0.25, 0.3) is 0 Å². The van der Waals surface area contributed by atoms with Crippen LogP contribution in [0.1, 0.15) is 59.1 Å². The van der Waals surface area contributed by atoms with Crippen molar-refractivity contribution in [3.8, 4) is 0 Å². The maximum atomic E-state index is 13.6. The molecule has 0 bridgehead atoms. The summed E-state index contributed by atoms with van der Waals surface area (Å²) in [5, 5.41) is 3.36. The third-order valence-electron chi connectivity index (χ3n) is 6.17. The van der Waals surface area contributed by atoms with Crippen LogP contribution in [0.4, 0.5) is 5.69 Å². The molecule has 0 aliphatic carbocycles. The summed E-state index contributed by atoms with van der Waals surface area (Å²) in [6, 6.07) is 13.3. The van der Waals surface area contributed by atoms with Crippen molar-refractivity contribution in [1.29, 1.82) is 0 Å². The zero-order valence-electron chi connectivity index (χ0n) is 22.2. The lowest BCUT2D eigenvalue weighted by atomic mass is 9.87. The van der Waals surface area contributed by atoms with Crippen LogP contribution in [-0.2, 0) is 31.6 Å². The van der Waals surface area contributed by atoms with Gasteiger partial charge >= 0.3 is 0 Å². The molecule has 0 spiro atoms. The van der Waals surface area contributed by atoms with Crippen LogP contribution in [0.15, 0.2) is 48.5 Å². The van der Waals surface area contributed by atoms with E-state index in [9.17, 15) is 18.0 Å². The molecule has 1 N–H and O–H groups in total. The largest absolute Gasteiger partial charge is 0.352 e. The number of hydrogen-bond acceptors (Lipinski definition) is 4. The number of sulfonamides is 1. The number of nitrogens with zero attached hydrogens (tertiary/aromatic N) is 2. The molecule has 2 rings (SSSR count).